The van der Waals surface area contributed by atoms with Crippen LogP contribution < -0.4 is 10.1 Å². The average molecular weight is 443 g/mol. The van der Waals surface area contributed by atoms with Crippen molar-refractivity contribution in [3.05, 3.63) is 29.8 Å². The first kappa shape index (κ1) is 19.3. The summed E-state index contributed by atoms with van der Waals surface area (Å²) in [6, 6.07) is 8.24. The molecule has 0 radical (unpaired) electrons. The number of rotatable bonds is 6. The van der Waals surface area contributed by atoms with Gasteiger partial charge in [0.1, 0.15) is 5.75 Å². The van der Waals surface area contributed by atoms with Crippen LogP contribution in [-0.4, -0.2) is 38.6 Å². The lowest BCUT2D eigenvalue weighted by Gasteiger charge is -2.43. The number of ether oxygens (including phenoxy) is 1. The number of hydrogen-bond acceptors (Lipinski definition) is 2. The predicted molar refractivity (Wildman–Crippen MR) is 110 cm³/mol. The summed E-state index contributed by atoms with van der Waals surface area (Å²) in [6.07, 6.45) is 7.05. The lowest BCUT2D eigenvalue weighted by atomic mass is 9.65. The Bertz CT molecular complexity index is 550. The van der Waals surface area contributed by atoms with E-state index in [-0.39, 0.29) is 24.0 Å². The van der Waals surface area contributed by atoms with Crippen molar-refractivity contribution in [2.45, 2.75) is 38.6 Å². The minimum Gasteiger partial charge on any atom is -0.497 e. The van der Waals surface area contributed by atoms with Gasteiger partial charge in [0.05, 0.1) is 7.11 Å². The van der Waals surface area contributed by atoms with Gasteiger partial charge in [0.25, 0.3) is 0 Å². The monoisotopic (exact) mass is 443 g/mol. The van der Waals surface area contributed by atoms with E-state index in [1.165, 1.54) is 37.7 Å². The fourth-order valence-corrected chi connectivity index (χ4v) is 3.78. The van der Waals surface area contributed by atoms with E-state index in [1.807, 2.05) is 19.2 Å². The predicted octanol–water partition coefficient (Wildman–Crippen LogP) is 3.90. The van der Waals surface area contributed by atoms with Gasteiger partial charge in [-0.2, -0.15) is 0 Å². The molecule has 0 spiro atoms. The Labute approximate surface area is 163 Å². The summed E-state index contributed by atoms with van der Waals surface area (Å²) in [7, 11) is 5.67. The van der Waals surface area contributed by atoms with Gasteiger partial charge in [-0.05, 0) is 54.7 Å². The molecule has 1 aromatic rings. The molecule has 24 heavy (non-hydrogen) atoms. The van der Waals surface area contributed by atoms with Crippen LogP contribution in [0.5, 0.6) is 5.75 Å². The summed E-state index contributed by atoms with van der Waals surface area (Å²) in [5, 5.41) is 3.63. The Morgan fingerprint density at radius 3 is 2.42 bits per heavy atom. The van der Waals surface area contributed by atoms with Gasteiger partial charge in [0, 0.05) is 27.2 Å². The Balaban J connectivity index is 0.00000208. The van der Waals surface area contributed by atoms with Gasteiger partial charge in [-0.1, -0.05) is 18.6 Å². The van der Waals surface area contributed by atoms with Crippen LogP contribution in [0.3, 0.4) is 0 Å². The Morgan fingerprint density at radius 1 is 1.29 bits per heavy atom. The number of nitrogens with one attached hydrogen (secondary N) is 1. The summed E-state index contributed by atoms with van der Waals surface area (Å²) in [4.78, 5) is 6.66. The summed E-state index contributed by atoms with van der Waals surface area (Å²) in [5.74, 6) is 2.86. The molecule has 0 atom stereocenters. The Morgan fingerprint density at radius 2 is 1.96 bits per heavy atom. The van der Waals surface area contributed by atoms with Crippen LogP contribution in [0.1, 0.15) is 37.7 Å². The molecule has 4 nitrogen and oxygen atoms in total. The molecule has 0 amide bonds. The molecule has 0 aliphatic heterocycles. The number of benzene rings is 1. The van der Waals surface area contributed by atoms with Gasteiger partial charge in [-0.15, -0.1) is 24.0 Å². The Kier molecular flexibility index (Phi) is 6.78. The van der Waals surface area contributed by atoms with E-state index in [1.54, 1.807) is 7.11 Å². The second-order valence-electron chi connectivity index (χ2n) is 7.10. The van der Waals surface area contributed by atoms with Gasteiger partial charge in [0.15, 0.2) is 5.96 Å². The molecule has 134 valence electrons. The number of aliphatic imine (C=N–C) groups is 1. The van der Waals surface area contributed by atoms with Crippen molar-refractivity contribution in [1.82, 2.24) is 10.2 Å². The first-order valence-corrected chi connectivity index (χ1v) is 8.71. The molecule has 0 bridgehead atoms. The SMILES string of the molecule is CN=C(NCC1(C2CC2)CCC1)N(C)Cc1ccc(OC)cc1.I. The highest BCUT2D eigenvalue weighted by Gasteiger charge is 2.48. The van der Waals surface area contributed by atoms with Crippen LogP contribution in [0, 0.1) is 11.3 Å². The smallest absolute Gasteiger partial charge is 0.193 e. The number of hydrogen-bond donors (Lipinski definition) is 1. The minimum absolute atomic E-state index is 0. The van der Waals surface area contributed by atoms with E-state index >= 15 is 0 Å². The number of guanidine groups is 1. The average Bonchev–Trinajstić information content (AvgIpc) is 3.36. The fraction of sp³-hybridized carbons (Fsp3) is 0.632. The van der Waals surface area contributed by atoms with Crippen LogP contribution in [0.15, 0.2) is 29.3 Å². The molecule has 3 rings (SSSR count). The summed E-state index contributed by atoms with van der Waals surface area (Å²) >= 11 is 0. The normalized spacial score (nSPS) is 19.0. The van der Waals surface area contributed by atoms with E-state index in [4.69, 9.17) is 4.74 Å². The minimum atomic E-state index is 0. The van der Waals surface area contributed by atoms with Crippen molar-refractivity contribution in [1.29, 1.82) is 0 Å². The fourth-order valence-electron chi connectivity index (χ4n) is 3.78. The molecule has 5 heteroatoms. The van der Waals surface area contributed by atoms with Gasteiger partial charge >= 0.3 is 0 Å². The highest BCUT2D eigenvalue weighted by Crippen LogP contribution is 2.56. The van der Waals surface area contributed by atoms with Crippen molar-refractivity contribution >= 4 is 29.9 Å². The van der Waals surface area contributed by atoms with Gasteiger partial charge in [-0.25, -0.2) is 0 Å². The van der Waals surface area contributed by atoms with Crippen molar-refractivity contribution in [2.24, 2.45) is 16.3 Å². The van der Waals surface area contributed by atoms with Crippen molar-refractivity contribution in [2.75, 3.05) is 27.7 Å². The molecule has 2 aliphatic rings. The molecular formula is C19H30IN3O. The van der Waals surface area contributed by atoms with E-state index in [0.717, 1.165) is 30.7 Å². The molecule has 0 saturated heterocycles. The number of halogens is 1. The molecule has 2 fully saturated rings. The van der Waals surface area contributed by atoms with E-state index in [0.29, 0.717) is 5.41 Å². The van der Waals surface area contributed by atoms with Crippen molar-refractivity contribution < 1.29 is 4.74 Å². The van der Waals surface area contributed by atoms with Crippen molar-refractivity contribution in [3.63, 3.8) is 0 Å². The largest absolute Gasteiger partial charge is 0.497 e. The summed E-state index contributed by atoms with van der Waals surface area (Å²) in [6.45, 7) is 1.93. The molecule has 2 aliphatic carbocycles. The summed E-state index contributed by atoms with van der Waals surface area (Å²) < 4.78 is 5.22. The quantitative estimate of drug-likeness (QED) is 0.412. The second kappa shape index (κ2) is 8.41. The van der Waals surface area contributed by atoms with E-state index in [9.17, 15) is 0 Å². The van der Waals surface area contributed by atoms with E-state index < -0.39 is 0 Å². The van der Waals surface area contributed by atoms with Crippen LogP contribution in [0.2, 0.25) is 0 Å². The van der Waals surface area contributed by atoms with Gasteiger partial charge < -0.3 is 15.0 Å². The zero-order valence-corrected chi connectivity index (χ0v) is 17.4. The van der Waals surface area contributed by atoms with Gasteiger partial charge in [0.2, 0.25) is 0 Å². The van der Waals surface area contributed by atoms with Crippen molar-refractivity contribution in [3.8, 4) is 5.75 Å². The first-order chi connectivity index (χ1) is 11.2. The number of nitrogens with zero attached hydrogens (tertiary/aromatic N) is 2. The molecule has 0 aromatic heterocycles. The third kappa shape index (κ3) is 4.35. The first-order valence-electron chi connectivity index (χ1n) is 8.71. The zero-order valence-electron chi connectivity index (χ0n) is 15.0. The molecule has 1 N–H and O–H groups in total. The molecule has 0 unspecified atom stereocenters. The maximum absolute atomic E-state index is 5.22. The standard InChI is InChI=1S/C19H29N3O.HI/c1-20-18(21-14-19(11-4-12-19)16-7-8-16)22(2)13-15-5-9-17(23-3)10-6-15;/h5-6,9-10,16H,4,7-8,11-14H2,1-3H3,(H,20,21);1H. The lowest BCUT2D eigenvalue weighted by molar-refractivity contribution is 0.105. The van der Waals surface area contributed by atoms with Gasteiger partial charge in [-0.3, -0.25) is 4.99 Å². The molecule has 2 saturated carbocycles. The summed E-state index contributed by atoms with van der Waals surface area (Å²) in [5.41, 5.74) is 1.83. The molecule has 0 heterocycles. The number of methoxy groups -OCH3 is 1. The lowest BCUT2D eigenvalue weighted by Crippen LogP contribution is -2.47. The maximum atomic E-state index is 5.22. The third-order valence-electron chi connectivity index (χ3n) is 5.54. The second-order valence-corrected chi connectivity index (χ2v) is 7.10. The van der Waals surface area contributed by atoms with E-state index in [2.05, 4.69) is 34.4 Å². The van der Waals surface area contributed by atoms with Crippen LogP contribution in [0.25, 0.3) is 0 Å². The molecule has 1 aromatic carbocycles. The van der Waals surface area contributed by atoms with Crippen LogP contribution in [0.4, 0.5) is 0 Å². The molecular weight excluding hydrogens is 413 g/mol. The highest BCUT2D eigenvalue weighted by molar-refractivity contribution is 14.0. The van der Waals surface area contributed by atoms with Crippen LogP contribution in [-0.2, 0) is 6.54 Å². The topological polar surface area (TPSA) is 36.9 Å². The zero-order chi connectivity index (χ0) is 16.3. The third-order valence-corrected chi connectivity index (χ3v) is 5.54. The highest BCUT2D eigenvalue weighted by atomic mass is 127. The van der Waals surface area contributed by atoms with Crippen LogP contribution >= 0.6 is 24.0 Å². The Hall–Kier alpha value is -0.980. The maximum Gasteiger partial charge on any atom is 0.193 e.